The minimum atomic E-state index is -0.980. The predicted molar refractivity (Wildman–Crippen MR) is 105 cm³/mol. The predicted octanol–water partition coefficient (Wildman–Crippen LogP) is 1.34. The highest BCUT2D eigenvalue weighted by molar-refractivity contribution is 6.45. The monoisotopic (exact) mass is 405 g/mol. The second kappa shape index (κ2) is 9.90. The van der Waals surface area contributed by atoms with Crippen molar-refractivity contribution >= 4 is 23.8 Å². The molecule has 1 fully saturated rings. The van der Waals surface area contributed by atoms with Crippen LogP contribution in [0.4, 0.5) is 4.79 Å². The lowest BCUT2D eigenvalue weighted by atomic mass is 10.1. The molecule has 1 N–H and O–H groups in total. The third kappa shape index (κ3) is 5.24. The van der Waals surface area contributed by atoms with Crippen molar-refractivity contribution in [2.45, 2.75) is 40.2 Å². The quantitative estimate of drug-likeness (QED) is 0.465. The highest BCUT2D eigenvalue weighted by Gasteiger charge is 2.46. The molecule has 0 aliphatic carbocycles. The molecular weight excluding hydrogens is 378 g/mol. The summed E-state index contributed by atoms with van der Waals surface area (Å²) >= 11 is 0. The SMILES string of the molecule is CCOc1ccc(CCNC(=O)CN2C(=O)C(=O)N(C(C)C)C2=O)cc1OCC. The van der Waals surface area contributed by atoms with E-state index in [0.717, 1.165) is 10.5 Å². The van der Waals surface area contributed by atoms with Crippen LogP contribution in [-0.2, 0) is 20.8 Å². The van der Waals surface area contributed by atoms with Gasteiger partial charge in [-0.05, 0) is 51.8 Å². The van der Waals surface area contributed by atoms with E-state index < -0.39 is 36.3 Å². The largest absolute Gasteiger partial charge is 0.490 e. The molecule has 1 aromatic carbocycles. The Bertz CT molecular complexity index is 792. The summed E-state index contributed by atoms with van der Waals surface area (Å²) in [5.74, 6) is -1.10. The highest BCUT2D eigenvalue weighted by Crippen LogP contribution is 2.28. The van der Waals surface area contributed by atoms with Crippen LogP contribution in [-0.4, -0.2) is 65.9 Å². The Balaban J connectivity index is 1.90. The molecule has 9 heteroatoms. The summed E-state index contributed by atoms with van der Waals surface area (Å²) in [4.78, 5) is 49.7. The molecule has 158 valence electrons. The summed E-state index contributed by atoms with van der Waals surface area (Å²) in [6.45, 7) is 7.87. The van der Waals surface area contributed by atoms with Gasteiger partial charge in [-0.1, -0.05) is 6.07 Å². The van der Waals surface area contributed by atoms with Crippen LogP contribution in [0.15, 0.2) is 18.2 Å². The van der Waals surface area contributed by atoms with Crippen LogP contribution in [0.25, 0.3) is 0 Å². The van der Waals surface area contributed by atoms with Gasteiger partial charge in [0.05, 0.1) is 13.2 Å². The molecule has 0 unspecified atom stereocenters. The van der Waals surface area contributed by atoms with Crippen molar-refractivity contribution in [1.29, 1.82) is 0 Å². The van der Waals surface area contributed by atoms with Crippen molar-refractivity contribution in [2.75, 3.05) is 26.3 Å². The van der Waals surface area contributed by atoms with Crippen molar-refractivity contribution in [1.82, 2.24) is 15.1 Å². The second-order valence-electron chi connectivity index (χ2n) is 6.69. The van der Waals surface area contributed by atoms with Crippen molar-refractivity contribution in [3.63, 3.8) is 0 Å². The van der Waals surface area contributed by atoms with Gasteiger partial charge in [0.25, 0.3) is 0 Å². The standard InChI is InChI=1S/C20H27N3O6/c1-5-28-15-8-7-14(11-16(15)29-6-2)9-10-21-17(24)12-22-18(25)19(26)23(13(3)4)20(22)27/h7-8,11,13H,5-6,9-10,12H2,1-4H3,(H,21,24). The van der Waals surface area contributed by atoms with Gasteiger partial charge in [-0.25, -0.2) is 9.69 Å². The lowest BCUT2D eigenvalue weighted by Gasteiger charge is -2.18. The van der Waals surface area contributed by atoms with Gasteiger partial charge in [0.2, 0.25) is 5.91 Å². The van der Waals surface area contributed by atoms with E-state index >= 15 is 0 Å². The number of rotatable bonds is 10. The van der Waals surface area contributed by atoms with E-state index in [4.69, 9.17) is 9.47 Å². The Labute approximate surface area is 169 Å². The first-order valence-electron chi connectivity index (χ1n) is 9.64. The van der Waals surface area contributed by atoms with Gasteiger partial charge in [0.1, 0.15) is 6.54 Å². The van der Waals surface area contributed by atoms with Gasteiger partial charge in [-0.15, -0.1) is 0 Å². The Hall–Kier alpha value is -3.10. The van der Waals surface area contributed by atoms with E-state index in [2.05, 4.69) is 5.32 Å². The number of carbonyl (C=O) groups is 4. The van der Waals surface area contributed by atoms with Gasteiger partial charge < -0.3 is 14.8 Å². The number of nitrogens with one attached hydrogen (secondary N) is 1. The van der Waals surface area contributed by atoms with Crippen LogP contribution < -0.4 is 14.8 Å². The molecular formula is C20H27N3O6. The summed E-state index contributed by atoms with van der Waals surface area (Å²) in [6, 6.07) is 4.34. The first-order valence-corrected chi connectivity index (χ1v) is 9.64. The minimum Gasteiger partial charge on any atom is -0.490 e. The van der Waals surface area contributed by atoms with Gasteiger partial charge in [0.15, 0.2) is 11.5 Å². The van der Waals surface area contributed by atoms with E-state index in [1.165, 1.54) is 0 Å². The second-order valence-corrected chi connectivity index (χ2v) is 6.69. The highest BCUT2D eigenvalue weighted by atomic mass is 16.5. The van der Waals surface area contributed by atoms with Crippen molar-refractivity contribution < 1.29 is 28.7 Å². The number of urea groups is 1. The molecule has 1 aliphatic heterocycles. The molecule has 0 bridgehead atoms. The summed E-state index contributed by atoms with van der Waals surface area (Å²) < 4.78 is 11.1. The Kier molecular flexibility index (Phi) is 7.58. The Morgan fingerprint density at radius 2 is 1.69 bits per heavy atom. The smallest absolute Gasteiger partial charge is 0.334 e. The molecule has 0 radical (unpaired) electrons. The normalized spacial score (nSPS) is 14.0. The molecule has 1 saturated heterocycles. The molecule has 9 nitrogen and oxygen atoms in total. The van der Waals surface area contributed by atoms with Gasteiger partial charge in [0, 0.05) is 12.6 Å². The van der Waals surface area contributed by atoms with Crippen molar-refractivity contribution in [3.05, 3.63) is 23.8 Å². The Morgan fingerprint density at radius 1 is 1.03 bits per heavy atom. The molecule has 2 rings (SSSR count). The summed E-state index contributed by atoms with van der Waals surface area (Å²) in [5, 5.41) is 2.66. The maximum Gasteiger partial charge on any atom is 0.334 e. The number of amides is 5. The zero-order chi connectivity index (χ0) is 21.6. The Morgan fingerprint density at radius 3 is 2.28 bits per heavy atom. The molecule has 29 heavy (non-hydrogen) atoms. The van der Waals surface area contributed by atoms with Crippen LogP contribution in [0.3, 0.4) is 0 Å². The molecule has 0 atom stereocenters. The number of benzene rings is 1. The molecule has 1 heterocycles. The fourth-order valence-electron chi connectivity index (χ4n) is 2.91. The summed E-state index contributed by atoms with van der Waals surface area (Å²) in [5.41, 5.74) is 0.937. The average molecular weight is 405 g/mol. The molecule has 0 aromatic heterocycles. The molecule has 0 saturated carbocycles. The maximum atomic E-state index is 12.2. The molecule has 1 aliphatic rings. The summed E-state index contributed by atoms with van der Waals surface area (Å²) in [7, 11) is 0. The van der Waals surface area contributed by atoms with Gasteiger partial charge in [-0.2, -0.15) is 0 Å². The van der Waals surface area contributed by atoms with E-state index in [-0.39, 0.29) is 0 Å². The van der Waals surface area contributed by atoms with E-state index in [1.54, 1.807) is 13.8 Å². The zero-order valence-corrected chi connectivity index (χ0v) is 17.2. The number of hydrogen-bond acceptors (Lipinski definition) is 6. The van der Waals surface area contributed by atoms with E-state index in [0.29, 0.717) is 42.6 Å². The topological polar surface area (TPSA) is 105 Å². The van der Waals surface area contributed by atoms with Gasteiger partial charge in [-0.3, -0.25) is 19.3 Å². The van der Waals surface area contributed by atoms with Crippen LogP contribution in [0.1, 0.15) is 33.3 Å². The molecule has 5 amide bonds. The van der Waals surface area contributed by atoms with Crippen molar-refractivity contribution in [3.8, 4) is 11.5 Å². The van der Waals surface area contributed by atoms with Crippen LogP contribution in [0, 0.1) is 0 Å². The lowest BCUT2D eigenvalue weighted by Crippen LogP contribution is -2.42. The van der Waals surface area contributed by atoms with E-state index in [9.17, 15) is 19.2 Å². The summed E-state index contributed by atoms with van der Waals surface area (Å²) in [6.07, 6.45) is 0.525. The zero-order valence-electron chi connectivity index (χ0n) is 17.2. The minimum absolute atomic E-state index is 0.302. The van der Waals surface area contributed by atoms with Gasteiger partial charge >= 0.3 is 17.8 Å². The molecule has 0 spiro atoms. The van der Waals surface area contributed by atoms with Crippen molar-refractivity contribution in [2.24, 2.45) is 0 Å². The number of carbonyl (C=O) groups excluding carboxylic acids is 4. The lowest BCUT2D eigenvalue weighted by molar-refractivity contribution is -0.144. The number of nitrogens with zero attached hydrogens (tertiary/aromatic N) is 2. The number of imide groups is 2. The first-order chi connectivity index (χ1) is 13.8. The van der Waals surface area contributed by atoms with E-state index in [1.807, 2.05) is 32.0 Å². The third-order valence-corrected chi connectivity index (χ3v) is 4.25. The fraction of sp³-hybridized carbons (Fsp3) is 0.500. The first kappa shape index (κ1) is 22.2. The number of hydrogen-bond donors (Lipinski definition) is 1. The fourth-order valence-corrected chi connectivity index (χ4v) is 2.91. The number of ether oxygens (including phenoxy) is 2. The van der Waals surface area contributed by atoms with Crippen LogP contribution in [0.2, 0.25) is 0 Å². The average Bonchev–Trinajstić information content (AvgIpc) is 2.87. The molecule has 1 aromatic rings. The van der Waals surface area contributed by atoms with Crippen LogP contribution in [0.5, 0.6) is 11.5 Å². The maximum absolute atomic E-state index is 12.2. The van der Waals surface area contributed by atoms with Crippen LogP contribution >= 0.6 is 0 Å². The third-order valence-electron chi connectivity index (χ3n) is 4.25.